The number of ether oxygens (including phenoxy) is 1. The molecule has 0 unspecified atom stereocenters. The maximum Gasteiger partial charge on any atom is 0.243 e. The summed E-state index contributed by atoms with van der Waals surface area (Å²) in [4.78, 5) is 13.1. The summed E-state index contributed by atoms with van der Waals surface area (Å²) >= 11 is 9.29. The van der Waals surface area contributed by atoms with E-state index in [1.807, 2.05) is 0 Å². The van der Waals surface area contributed by atoms with Gasteiger partial charge in [-0.25, -0.2) is 16.8 Å². The second kappa shape index (κ2) is 12.9. The second-order valence-electron chi connectivity index (χ2n) is 8.79. The minimum absolute atomic E-state index is 0.0141. The largest absolute Gasteiger partial charge is 0.379 e. The number of carbonyl (C=O) groups excluding carboxylic acids is 1. The average molecular weight is 657 g/mol. The first-order valence-corrected chi connectivity index (χ1v) is 16.0. The van der Waals surface area contributed by atoms with E-state index in [4.69, 9.17) is 16.3 Å². The van der Waals surface area contributed by atoms with Crippen molar-refractivity contribution in [1.29, 1.82) is 0 Å². The summed E-state index contributed by atoms with van der Waals surface area (Å²) in [6, 6.07) is 19.1. The number of hydrogen-bond donors (Lipinski definition) is 1. The Hall–Kier alpha value is -2.32. The van der Waals surface area contributed by atoms with Gasteiger partial charge in [-0.2, -0.15) is 8.61 Å². The molecule has 0 aliphatic carbocycles. The Morgan fingerprint density at radius 3 is 2.05 bits per heavy atom. The topological polar surface area (TPSA) is 113 Å². The van der Waals surface area contributed by atoms with Crippen molar-refractivity contribution in [2.45, 2.75) is 22.9 Å². The smallest absolute Gasteiger partial charge is 0.243 e. The molecule has 13 heteroatoms. The van der Waals surface area contributed by atoms with Gasteiger partial charge in [0.05, 0.1) is 29.5 Å². The van der Waals surface area contributed by atoms with Crippen LogP contribution in [-0.4, -0.2) is 64.2 Å². The number of amides is 1. The lowest BCUT2D eigenvalue weighted by molar-refractivity contribution is -0.121. The molecule has 0 bridgehead atoms. The standard InChI is InChI=1S/C26H27BrClN3O6S2/c27-22-5-1-21(2-6-22)18-31(39(35,36)25-11-7-23(28)8-12-25)19-26(32)29-17-20-3-9-24(10-4-20)38(33,34)30-13-15-37-16-14-30/h1-12H,13-19H2,(H,29,32). The molecular formula is C26H27BrClN3O6S2. The van der Waals surface area contributed by atoms with E-state index in [9.17, 15) is 21.6 Å². The third-order valence-electron chi connectivity index (χ3n) is 6.06. The third kappa shape index (κ3) is 7.66. The first kappa shape index (κ1) is 29.7. The van der Waals surface area contributed by atoms with E-state index in [1.165, 1.54) is 40.7 Å². The fourth-order valence-electron chi connectivity index (χ4n) is 3.91. The molecule has 1 heterocycles. The van der Waals surface area contributed by atoms with Crippen LogP contribution in [0.3, 0.4) is 0 Å². The van der Waals surface area contributed by atoms with Crippen LogP contribution in [0.25, 0.3) is 0 Å². The Labute approximate surface area is 241 Å². The van der Waals surface area contributed by atoms with Crippen LogP contribution in [0.5, 0.6) is 0 Å². The van der Waals surface area contributed by atoms with Gasteiger partial charge in [0.15, 0.2) is 0 Å². The van der Waals surface area contributed by atoms with Crippen LogP contribution in [0.15, 0.2) is 87.1 Å². The lowest BCUT2D eigenvalue weighted by Crippen LogP contribution is -2.40. The lowest BCUT2D eigenvalue weighted by atomic mass is 10.2. The molecular weight excluding hydrogens is 630 g/mol. The van der Waals surface area contributed by atoms with Gasteiger partial charge in [-0.1, -0.05) is 51.8 Å². The predicted octanol–water partition coefficient (Wildman–Crippen LogP) is 3.63. The summed E-state index contributed by atoms with van der Waals surface area (Å²) in [5.74, 6) is -0.505. The van der Waals surface area contributed by atoms with E-state index in [-0.39, 0.29) is 22.9 Å². The molecule has 3 aromatic carbocycles. The van der Waals surface area contributed by atoms with E-state index < -0.39 is 32.5 Å². The summed E-state index contributed by atoms with van der Waals surface area (Å²) in [6.45, 7) is 0.992. The number of benzene rings is 3. The van der Waals surface area contributed by atoms with Gasteiger partial charge in [-0.3, -0.25) is 4.79 Å². The summed E-state index contributed by atoms with van der Waals surface area (Å²) in [5, 5.41) is 3.13. The lowest BCUT2D eigenvalue weighted by Gasteiger charge is -2.26. The van der Waals surface area contributed by atoms with Gasteiger partial charge in [-0.05, 0) is 59.7 Å². The monoisotopic (exact) mass is 655 g/mol. The molecule has 39 heavy (non-hydrogen) atoms. The highest BCUT2D eigenvalue weighted by molar-refractivity contribution is 9.10. The maximum absolute atomic E-state index is 13.4. The minimum Gasteiger partial charge on any atom is -0.379 e. The molecule has 1 aliphatic rings. The van der Waals surface area contributed by atoms with Gasteiger partial charge >= 0.3 is 0 Å². The van der Waals surface area contributed by atoms with Crippen LogP contribution >= 0.6 is 27.5 Å². The number of hydrogen-bond acceptors (Lipinski definition) is 6. The van der Waals surface area contributed by atoms with Crippen molar-refractivity contribution in [3.05, 3.63) is 93.4 Å². The van der Waals surface area contributed by atoms with Crippen LogP contribution in [0.4, 0.5) is 0 Å². The van der Waals surface area contributed by atoms with Gasteiger partial charge in [0.2, 0.25) is 26.0 Å². The molecule has 208 valence electrons. The Morgan fingerprint density at radius 1 is 0.872 bits per heavy atom. The van der Waals surface area contributed by atoms with Gasteiger partial charge in [0, 0.05) is 35.7 Å². The predicted molar refractivity (Wildman–Crippen MR) is 151 cm³/mol. The molecule has 9 nitrogen and oxygen atoms in total. The van der Waals surface area contributed by atoms with Crippen molar-refractivity contribution in [3.63, 3.8) is 0 Å². The van der Waals surface area contributed by atoms with E-state index >= 15 is 0 Å². The summed E-state index contributed by atoms with van der Waals surface area (Å²) in [7, 11) is -7.64. The van der Waals surface area contributed by atoms with E-state index in [0.29, 0.717) is 42.5 Å². The fourth-order valence-corrected chi connectivity index (χ4v) is 7.09. The molecule has 0 spiro atoms. The van der Waals surface area contributed by atoms with Crippen LogP contribution in [0, 0.1) is 0 Å². The molecule has 0 radical (unpaired) electrons. The van der Waals surface area contributed by atoms with Crippen LogP contribution in [-0.2, 0) is 42.7 Å². The third-order valence-corrected chi connectivity index (χ3v) is 10.6. The van der Waals surface area contributed by atoms with Crippen molar-refractivity contribution in [1.82, 2.24) is 13.9 Å². The second-order valence-corrected chi connectivity index (χ2v) is 14.0. The van der Waals surface area contributed by atoms with Crippen molar-refractivity contribution < 1.29 is 26.4 Å². The fraction of sp³-hybridized carbons (Fsp3) is 0.269. The molecule has 4 rings (SSSR count). The summed E-state index contributed by atoms with van der Waals surface area (Å²) < 4.78 is 61.0. The number of nitrogens with zero attached hydrogens (tertiary/aromatic N) is 2. The molecule has 1 N–H and O–H groups in total. The summed E-state index contributed by atoms with van der Waals surface area (Å²) in [6.07, 6.45) is 0. The van der Waals surface area contributed by atoms with Crippen molar-refractivity contribution in [2.75, 3.05) is 32.8 Å². The Kier molecular flexibility index (Phi) is 9.81. The molecule has 3 aromatic rings. The molecule has 0 atom stereocenters. The molecule has 1 fully saturated rings. The molecule has 1 aliphatic heterocycles. The van der Waals surface area contributed by atoms with Crippen LogP contribution in [0.2, 0.25) is 5.02 Å². The number of rotatable bonds is 10. The van der Waals surface area contributed by atoms with Gasteiger partial charge in [0.1, 0.15) is 0 Å². The van der Waals surface area contributed by atoms with E-state index in [1.54, 1.807) is 36.4 Å². The highest BCUT2D eigenvalue weighted by Crippen LogP contribution is 2.22. The van der Waals surface area contributed by atoms with Crippen molar-refractivity contribution >= 4 is 53.5 Å². The number of carbonyl (C=O) groups is 1. The number of nitrogens with one attached hydrogen (secondary N) is 1. The molecule has 1 saturated heterocycles. The quantitative estimate of drug-likeness (QED) is 0.357. The highest BCUT2D eigenvalue weighted by Gasteiger charge is 2.28. The molecule has 0 aromatic heterocycles. The van der Waals surface area contributed by atoms with Gasteiger partial charge in [-0.15, -0.1) is 0 Å². The molecule has 0 saturated carbocycles. The van der Waals surface area contributed by atoms with Crippen molar-refractivity contribution in [2.24, 2.45) is 0 Å². The van der Waals surface area contributed by atoms with Crippen LogP contribution in [0.1, 0.15) is 11.1 Å². The average Bonchev–Trinajstić information content (AvgIpc) is 2.93. The zero-order valence-corrected chi connectivity index (χ0v) is 24.8. The molecule has 1 amide bonds. The Bertz CT molecular complexity index is 1490. The van der Waals surface area contributed by atoms with Crippen LogP contribution < -0.4 is 5.32 Å². The minimum atomic E-state index is -4.02. The maximum atomic E-state index is 13.4. The SMILES string of the molecule is O=C(CN(Cc1ccc(Br)cc1)S(=O)(=O)c1ccc(Cl)cc1)NCc1ccc(S(=O)(=O)N2CCOCC2)cc1. The number of morpholine rings is 1. The van der Waals surface area contributed by atoms with Crippen molar-refractivity contribution in [3.8, 4) is 0 Å². The number of halogens is 2. The van der Waals surface area contributed by atoms with E-state index in [2.05, 4.69) is 21.2 Å². The zero-order chi connectivity index (χ0) is 28.0. The Balaban J connectivity index is 1.44. The first-order valence-electron chi connectivity index (χ1n) is 12.0. The van der Waals surface area contributed by atoms with Gasteiger partial charge < -0.3 is 10.1 Å². The van der Waals surface area contributed by atoms with E-state index in [0.717, 1.165) is 8.78 Å². The summed E-state index contributed by atoms with van der Waals surface area (Å²) in [5.41, 5.74) is 1.38. The number of sulfonamides is 2. The Morgan fingerprint density at radius 2 is 1.44 bits per heavy atom. The zero-order valence-electron chi connectivity index (χ0n) is 20.8. The normalized spacial score (nSPS) is 14.8. The first-order chi connectivity index (χ1) is 18.6. The van der Waals surface area contributed by atoms with Gasteiger partial charge in [0.25, 0.3) is 0 Å². The highest BCUT2D eigenvalue weighted by atomic mass is 79.9.